The van der Waals surface area contributed by atoms with Crippen LogP contribution in [0.1, 0.15) is 32.1 Å². The molecule has 0 heterocycles. The topological polar surface area (TPSA) is 81.1 Å². The predicted octanol–water partition coefficient (Wildman–Crippen LogP) is -0.279. The molecule has 0 bridgehead atoms. The molecule has 1 atom stereocenters. The van der Waals surface area contributed by atoms with Gasteiger partial charge in [-0.3, -0.25) is 4.79 Å². The Kier molecular flexibility index (Phi) is 4.18. The van der Waals surface area contributed by atoms with Crippen LogP contribution in [0.2, 0.25) is 0 Å². The molecule has 0 radical (unpaired) electrons. The van der Waals surface area contributed by atoms with Crippen molar-refractivity contribution in [1.82, 2.24) is 5.32 Å². The van der Waals surface area contributed by atoms with Crippen LogP contribution in [0.5, 0.6) is 0 Å². The fraction of sp³-hybridized carbons (Fsp3) is 0.889. The van der Waals surface area contributed by atoms with Gasteiger partial charge in [0, 0.05) is 12.6 Å². The molecule has 1 amide bonds. The molecule has 76 valence electrons. The second kappa shape index (κ2) is 5.19. The quantitative estimate of drug-likeness (QED) is 0.565. The Labute approximate surface area is 79.0 Å². The number of hydrogen-bond acceptors (Lipinski definition) is 3. The molecule has 0 aromatic carbocycles. The van der Waals surface area contributed by atoms with Crippen LogP contribution >= 0.6 is 0 Å². The lowest BCUT2D eigenvalue weighted by Gasteiger charge is -2.23. The zero-order chi connectivity index (χ0) is 9.68. The van der Waals surface area contributed by atoms with E-state index in [0.717, 1.165) is 12.8 Å². The van der Waals surface area contributed by atoms with Gasteiger partial charge in [0.1, 0.15) is 0 Å². The van der Waals surface area contributed by atoms with Crippen molar-refractivity contribution in [2.24, 2.45) is 11.5 Å². The fourth-order valence-corrected chi connectivity index (χ4v) is 1.66. The maximum atomic E-state index is 11.3. The molecular formula is C9H19N3O. The van der Waals surface area contributed by atoms with E-state index in [9.17, 15) is 4.79 Å². The molecule has 1 fully saturated rings. The van der Waals surface area contributed by atoms with Gasteiger partial charge in [-0.15, -0.1) is 0 Å². The smallest absolute Gasteiger partial charge is 0.238 e. The summed E-state index contributed by atoms with van der Waals surface area (Å²) in [6.07, 6.45) is 5.88. The van der Waals surface area contributed by atoms with Crippen LogP contribution in [-0.4, -0.2) is 24.5 Å². The lowest BCUT2D eigenvalue weighted by atomic mass is 9.95. The fourth-order valence-electron chi connectivity index (χ4n) is 1.66. The SMILES string of the molecule is NC[C@@H](N)C(=O)NC1CCCCC1. The molecule has 4 nitrogen and oxygen atoms in total. The van der Waals surface area contributed by atoms with Crippen LogP contribution in [0.25, 0.3) is 0 Å². The molecule has 0 saturated heterocycles. The minimum atomic E-state index is -0.540. The van der Waals surface area contributed by atoms with E-state index in [-0.39, 0.29) is 12.5 Å². The van der Waals surface area contributed by atoms with Gasteiger partial charge >= 0.3 is 0 Å². The van der Waals surface area contributed by atoms with Gasteiger partial charge in [0.25, 0.3) is 0 Å². The van der Waals surface area contributed by atoms with Crippen molar-refractivity contribution in [3.63, 3.8) is 0 Å². The Morgan fingerprint density at radius 1 is 1.38 bits per heavy atom. The van der Waals surface area contributed by atoms with Gasteiger partial charge in [-0.2, -0.15) is 0 Å². The third-order valence-electron chi connectivity index (χ3n) is 2.54. The molecule has 13 heavy (non-hydrogen) atoms. The largest absolute Gasteiger partial charge is 0.352 e. The van der Waals surface area contributed by atoms with Gasteiger partial charge in [0.05, 0.1) is 6.04 Å². The Balaban J connectivity index is 2.26. The van der Waals surface area contributed by atoms with Gasteiger partial charge in [0.2, 0.25) is 5.91 Å². The van der Waals surface area contributed by atoms with Crippen LogP contribution in [0.15, 0.2) is 0 Å². The Morgan fingerprint density at radius 3 is 2.54 bits per heavy atom. The van der Waals surface area contributed by atoms with Crippen molar-refractivity contribution in [3.8, 4) is 0 Å². The zero-order valence-electron chi connectivity index (χ0n) is 7.96. The minimum Gasteiger partial charge on any atom is -0.352 e. The Bertz CT molecular complexity index is 166. The first-order valence-corrected chi connectivity index (χ1v) is 5.00. The highest BCUT2D eigenvalue weighted by atomic mass is 16.2. The highest BCUT2D eigenvalue weighted by Crippen LogP contribution is 2.17. The van der Waals surface area contributed by atoms with Crippen LogP contribution in [0.4, 0.5) is 0 Å². The van der Waals surface area contributed by atoms with E-state index in [1.54, 1.807) is 0 Å². The summed E-state index contributed by atoms with van der Waals surface area (Å²) in [5.41, 5.74) is 10.8. The van der Waals surface area contributed by atoms with Gasteiger partial charge < -0.3 is 16.8 Å². The number of carbonyl (C=O) groups is 1. The van der Waals surface area contributed by atoms with Crippen molar-refractivity contribution in [3.05, 3.63) is 0 Å². The summed E-state index contributed by atoms with van der Waals surface area (Å²) in [7, 11) is 0. The molecule has 1 aliphatic rings. The van der Waals surface area contributed by atoms with Crippen molar-refractivity contribution in [1.29, 1.82) is 0 Å². The highest BCUT2D eigenvalue weighted by Gasteiger charge is 2.18. The second-order valence-corrected chi connectivity index (χ2v) is 3.69. The first-order valence-electron chi connectivity index (χ1n) is 5.00. The molecule has 1 saturated carbocycles. The summed E-state index contributed by atoms with van der Waals surface area (Å²) >= 11 is 0. The number of rotatable bonds is 3. The maximum Gasteiger partial charge on any atom is 0.238 e. The second-order valence-electron chi connectivity index (χ2n) is 3.69. The average Bonchev–Trinajstić information content (AvgIpc) is 2.18. The van der Waals surface area contributed by atoms with Crippen molar-refractivity contribution in [2.45, 2.75) is 44.2 Å². The summed E-state index contributed by atoms with van der Waals surface area (Å²) in [5.74, 6) is -0.102. The summed E-state index contributed by atoms with van der Waals surface area (Å²) in [6.45, 7) is 0.221. The normalized spacial score (nSPS) is 21.1. The molecule has 0 spiro atoms. The van der Waals surface area contributed by atoms with Crippen LogP contribution in [0.3, 0.4) is 0 Å². The van der Waals surface area contributed by atoms with Gasteiger partial charge in [-0.05, 0) is 12.8 Å². The Morgan fingerprint density at radius 2 is 2.00 bits per heavy atom. The number of nitrogens with two attached hydrogens (primary N) is 2. The van der Waals surface area contributed by atoms with Crippen molar-refractivity contribution in [2.75, 3.05) is 6.54 Å². The van der Waals surface area contributed by atoms with E-state index in [4.69, 9.17) is 11.5 Å². The summed E-state index contributed by atoms with van der Waals surface area (Å²) < 4.78 is 0. The third kappa shape index (κ3) is 3.32. The van der Waals surface area contributed by atoms with E-state index >= 15 is 0 Å². The van der Waals surface area contributed by atoms with E-state index in [1.165, 1.54) is 19.3 Å². The average molecular weight is 185 g/mol. The molecule has 0 unspecified atom stereocenters. The molecule has 0 aromatic heterocycles. The third-order valence-corrected chi connectivity index (χ3v) is 2.54. The van der Waals surface area contributed by atoms with Crippen LogP contribution in [-0.2, 0) is 4.79 Å². The molecule has 4 heteroatoms. The predicted molar refractivity (Wildman–Crippen MR) is 52.0 cm³/mol. The molecule has 1 rings (SSSR count). The molecular weight excluding hydrogens is 166 g/mol. The lowest BCUT2D eigenvalue weighted by molar-refractivity contribution is -0.123. The van der Waals surface area contributed by atoms with Crippen LogP contribution in [0, 0.1) is 0 Å². The molecule has 5 N–H and O–H groups in total. The summed E-state index contributed by atoms with van der Waals surface area (Å²) in [5, 5.41) is 2.93. The van der Waals surface area contributed by atoms with E-state index < -0.39 is 6.04 Å². The van der Waals surface area contributed by atoms with Gasteiger partial charge in [-0.1, -0.05) is 19.3 Å². The Hall–Kier alpha value is -0.610. The minimum absolute atomic E-state index is 0.102. The number of carbonyl (C=O) groups excluding carboxylic acids is 1. The molecule has 1 aliphatic carbocycles. The van der Waals surface area contributed by atoms with E-state index in [1.807, 2.05) is 0 Å². The first-order chi connectivity index (χ1) is 6.24. The van der Waals surface area contributed by atoms with E-state index in [0.29, 0.717) is 6.04 Å². The number of hydrogen-bond donors (Lipinski definition) is 3. The monoisotopic (exact) mass is 185 g/mol. The van der Waals surface area contributed by atoms with Gasteiger partial charge in [0.15, 0.2) is 0 Å². The summed E-state index contributed by atoms with van der Waals surface area (Å²) in [4.78, 5) is 11.3. The molecule has 0 aromatic rings. The number of nitrogens with one attached hydrogen (secondary N) is 1. The molecule has 0 aliphatic heterocycles. The van der Waals surface area contributed by atoms with Gasteiger partial charge in [-0.25, -0.2) is 0 Å². The standard InChI is InChI=1S/C9H19N3O/c10-6-8(11)9(13)12-7-4-2-1-3-5-7/h7-8H,1-6,10-11H2,(H,12,13)/t8-/m1/s1. The van der Waals surface area contributed by atoms with Crippen LogP contribution < -0.4 is 16.8 Å². The lowest BCUT2D eigenvalue weighted by Crippen LogP contribution is -2.49. The number of amides is 1. The summed E-state index contributed by atoms with van der Waals surface area (Å²) in [6, 6.07) is -0.208. The van der Waals surface area contributed by atoms with Crippen molar-refractivity contribution < 1.29 is 4.79 Å². The highest BCUT2D eigenvalue weighted by molar-refractivity contribution is 5.81. The first kappa shape index (κ1) is 10.5. The van der Waals surface area contributed by atoms with Crippen molar-refractivity contribution >= 4 is 5.91 Å². The maximum absolute atomic E-state index is 11.3. The van der Waals surface area contributed by atoms with E-state index in [2.05, 4.69) is 5.32 Å². The zero-order valence-corrected chi connectivity index (χ0v) is 7.96.